The Balaban J connectivity index is 2.21. The predicted octanol–water partition coefficient (Wildman–Crippen LogP) is 4.66. The van der Waals surface area contributed by atoms with Crippen molar-refractivity contribution >= 4 is 5.82 Å². The smallest absolute Gasteiger partial charge is 0.126 e. The van der Waals surface area contributed by atoms with Crippen LogP contribution in [0.25, 0.3) is 0 Å². The molecule has 20 heavy (non-hydrogen) atoms. The van der Waals surface area contributed by atoms with Gasteiger partial charge in [0, 0.05) is 12.5 Å². The third-order valence-electron chi connectivity index (χ3n) is 4.59. The lowest BCUT2D eigenvalue weighted by Gasteiger charge is -2.22. The first-order valence-electron chi connectivity index (χ1n) is 8.62. The fourth-order valence-electron chi connectivity index (χ4n) is 3.29. The minimum atomic E-state index is 0.651. The largest absolute Gasteiger partial charge is 0.384 e. The number of anilines is 1. The van der Waals surface area contributed by atoms with Crippen LogP contribution in [0, 0.1) is 0 Å². The SMILES string of the molecule is CCCCc1nc(C2CCCCC2)n(CCCC)c1N. The Hall–Kier alpha value is -0.990. The van der Waals surface area contributed by atoms with Crippen LogP contribution in [0.2, 0.25) is 0 Å². The van der Waals surface area contributed by atoms with E-state index in [1.54, 1.807) is 0 Å². The molecule has 1 aromatic heterocycles. The lowest BCUT2D eigenvalue weighted by Crippen LogP contribution is -2.14. The molecule has 2 N–H and O–H groups in total. The van der Waals surface area contributed by atoms with Crippen molar-refractivity contribution in [3.05, 3.63) is 11.5 Å². The zero-order valence-electron chi connectivity index (χ0n) is 13.3. The highest BCUT2D eigenvalue weighted by atomic mass is 15.1. The van der Waals surface area contributed by atoms with Crippen LogP contribution in [0.4, 0.5) is 5.82 Å². The minimum Gasteiger partial charge on any atom is -0.384 e. The van der Waals surface area contributed by atoms with E-state index in [9.17, 15) is 0 Å². The highest BCUT2D eigenvalue weighted by molar-refractivity contribution is 5.39. The van der Waals surface area contributed by atoms with Crippen molar-refractivity contribution in [3.63, 3.8) is 0 Å². The highest BCUT2D eigenvalue weighted by Gasteiger charge is 2.23. The summed E-state index contributed by atoms with van der Waals surface area (Å²) in [7, 11) is 0. The molecule has 114 valence electrons. The molecular formula is C17H31N3. The van der Waals surface area contributed by atoms with E-state index in [0.717, 1.165) is 24.5 Å². The molecule has 0 spiro atoms. The van der Waals surface area contributed by atoms with Crippen LogP contribution in [0.15, 0.2) is 0 Å². The number of nitrogens with two attached hydrogens (primary N) is 1. The van der Waals surface area contributed by atoms with Crippen molar-refractivity contribution in [1.82, 2.24) is 9.55 Å². The number of rotatable bonds is 7. The molecule has 0 amide bonds. The lowest BCUT2D eigenvalue weighted by atomic mass is 9.88. The van der Waals surface area contributed by atoms with E-state index in [1.165, 1.54) is 63.6 Å². The average molecular weight is 277 g/mol. The second-order valence-corrected chi connectivity index (χ2v) is 6.25. The Bertz CT molecular complexity index is 403. The number of imidazole rings is 1. The van der Waals surface area contributed by atoms with E-state index in [4.69, 9.17) is 10.7 Å². The van der Waals surface area contributed by atoms with Gasteiger partial charge in [0.15, 0.2) is 0 Å². The van der Waals surface area contributed by atoms with E-state index in [-0.39, 0.29) is 0 Å². The number of unbranched alkanes of at least 4 members (excludes halogenated alkanes) is 2. The van der Waals surface area contributed by atoms with Gasteiger partial charge in [-0.3, -0.25) is 0 Å². The van der Waals surface area contributed by atoms with Crippen molar-refractivity contribution in [2.75, 3.05) is 5.73 Å². The molecule has 1 fully saturated rings. The third kappa shape index (κ3) is 3.56. The van der Waals surface area contributed by atoms with Crippen molar-refractivity contribution < 1.29 is 0 Å². The van der Waals surface area contributed by atoms with Crippen LogP contribution in [0.1, 0.15) is 89.1 Å². The fraction of sp³-hybridized carbons (Fsp3) is 0.824. The van der Waals surface area contributed by atoms with Gasteiger partial charge in [-0.25, -0.2) is 4.98 Å². The average Bonchev–Trinajstić information content (AvgIpc) is 2.80. The van der Waals surface area contributed by atoms with Crippen LogP contribution in [0.5, 0.6) is 0 Å². The number of hydrogen-bond donors (Lipinski definition) is 1. The Labute approximate surface area is 124 Å². The van der Waals surface area contributed by atoms with Gasteiger partial charge in [-0.05, 0) is 32.1 Å². The molecule has 2 rings (SSSR count). The molecule has 0 aliphatic heterocycles. The lowest BCUT2D eigenvalue weighted by molar-refractivity contribution is 0.413. The maximum Gasteiger partial charge on any atom is 0.126 e. The molecule has 0 atom stereocenters. The summed E-state index contributed by atoms with van der Waals surface area (Å²) >= 11 is 0. The summed E-state index contributed by atoms with van der Waals surface area (Å²) in [5.74, 6) is 2.90. The van der Waals surface area contributed by atoms with E-state index >= 15 is 0 Å². The summed E-state index contributed by atoms with van der Waals surface area (Å²) in [5.41, 5.74) is 7.55. The molecule has 1 heterocycles. The van der Waals surface area contributed by atoms with Crippen LogP contribution in [-0.4, -0.2) is 9.55 Å². The summed E-state index contributed by atoms with van der Waals surface area (Å²) in [6.07, 6.45) is 12.6. The van der Waals surface area contributed by atoms with Crippen molar-refractivity contribution in [2.24, 2.45) is 0 Å². The molecule has 1 aromatic rings. The number of aromatic nitrogens is 2. The summed E-state index contributed by atoms with van der Waals surface area (Å²) in [6, 6.07) is 0. The van der Waals surface area contributed by atoms with Gasteiger partial charge in [0.25, 0.3) is 0 Å². The van der Waals surface area contributed by atoms with Crippen molar-refractivity contribution in [1.29, 1.82) is 0 Å². The van der Waals surface area contributed by atoms with Crippen LogP contribution >= 0.6 is 0 Å². The molecule has 3 heteroatoms. The summed E-state index contributed by atoms with van der Waals surface area (Å²) in [4.78, 5) is 4.96. The summed E-state index contributed by atoms with van der Waals surface area (Å²) in [5, 5.41) is 0. The first-order chi connectivity index (χ1) is 9.77. The predicted molar refractivity (Wildman–Crippen MR) is 86.0 cm³/mol. The molecule has 0 bridgehead atoms. The molecule has 0 saturated heterocycles. The molecule has 1 aliphatic carbocycles. The van der Waals surface area contributed by atoms with Gasteiger partial charge < -0.3 is 10.3 Å². The topological polar surface area (TPSA) is 43.8 Å². The molecule has 1 aliphatic rings. The third-order valence-corrected chi connectivity index (χ3v) is 4.59. The van der Waals surface area contributed by atoms with Crippen LogP contribution < -0.4 is 5.73 Å². The molecule has 0 aromatic carbocycles. The molecular weight excluding hydrogens is 246 g/mol. The zero-order chi connectivity index (χ0) is 14.4. The molecule has 0 unspecified atom stereocenters. The second-order valence-electron chi connectivity index (χ2n) is 6.25. The first-order valence-corrected chi connectivity index (χ1v) is 8.62. The first kappa shape index (κ1) is 15.4. The van der Waals surface area contributed by atoms with E-state index in [0.29, 0.717) is 5.92 Å². The monoisotopic (exact) mass is 277 g/mol. The molecule has 1 saturated carbocycles. The maximum absolute atomic E-state index is 6.39. The van der Waals surface area contributed by atoms with E-state index in [1.807, 2.05) is 0 Å². The Kier molecular flexibility index (Phi) is 5.93. The molecule has 0 radical (unpaired) electrons. The van der Waals surface area contributed by atoms with Crippen LogP contribution in [0.3, 0.4) is 0 Å². The number of nitrogens with zero attached hydrogens (tertiary/aromatic N) is 2. The quantitative estimate of drug-likeness (QED) is 0.788. The number of hydrogen-bond acceptors (Lipinski definition) is 2. The standard InChI is InChI=1S/C17H31N3/c1-3-5-12-15-16(18)20(13-6-4-2)17(19-15)14-10-8-7-9-11-14/h14H,3-13,18H2,1-2H3. The zero-order valence-corrected chi connectivity index (χ0v) is 13.3. The van der Waals surface area contributed by atoms with Crippen LogP contribution in [-0.2, 0) is 13.0 Å². The number of nitrogen functional groups attached to an aromatic ring is 1. The van der Waals surface area contributed by atoms with Gasteiger partial charge in [-0.1, -0.05) is 46.0 Å². The van der Waals surface area contributed by atoms with Gasteiger partial charge in [0.05, 0.1) is 5.69 Å². The molecule has 3 nitrogen and oxygen atoms in total. The minimum absolute atomic E-state index is 0.651. The Morgan fingerprint density at radius 1 is 1.10 bits per heavy atom. The van der Waals surface area contributed by atoms with Gasteiger partial charge in [0.1, 0.15) is 11.6 Å². The number of aryl methyl sites for hydroxylation is 1. The van der Waals surface area contributed by atoms with E-state index < -0.39 is 0 Å². The second kappa shape index (κ2) is 7.70. The Morgan fingerprint density at radius 2 is 1.80 bits per heavy atom. The Morgan fingerprint density at radius 3 is 2.45 bits per heavy atom. The maximum atomic E-state index is 6.39. The normalized spacial score (nSPS) is 16.7. The highest BCUT2D eigenvalue weighted by Crippen LogP contribution is 2.34. The van der Waals surface area contributed by atoms with Gasteiger partial charge in [-0.2, -0.15) is 0 Å². The van der Waals surface area contributed by atoms with Crippen molar-refractivity contribution in [3.8, 4) is 0 Å². The van der Waals surface area contributed by atoms with Gasteiger partial charge in [-0.15, -0.1) is 0 Å². The summed E-state index contributed by atoms with van der Waals surface area (Å²) < 4.78 is 2.34. The fourth-order valence-corrected chi connectivity index (χ4v) is 3.29. The van der Waals surface area contributed by atoms with Gasteiger partial charge >= 0.3 is 0 Å². The summed E-state index contributed by atoms with van der Waals surface area (Å²) in [6.45, 7) is 5.52. The van der Waals surface area contributed by atoms with E-state index in [2.05, 4.69) is 18.4 Å². The van der Waals surface area contributed by atoms with Gasteiger partial charge in [0.2, 0.25) is 0 Å². The van der Waals surface area contributed by atoms with Crippen molar-refractivity contribution in [2.45, 2.75) is 90.5 Å².